The van der Waals surface area contributed by atoms with Crippen molar-refractivity contribution < 1.29 is 19.4 Å². The number of halogens is 1. The highest BCUT2D eigenvalue weighted by atomic mass is 32.1. The SMILES string of the molecule is CC1=[C]C2=C(F)C(O)=C(C(=O)c3ccc(O)s3)CC2=N1. The first-order chi connectivity index (χ1) is 9.47. The molecule has 1 aromatic rings. The summed E-state index contributed by atoms with van der Waals surface area (Å²) in [5.74, 6) is -2.05. The Bertz CT molecular complexity index is 752. The molecule has 3 rings (SSSR count). The Labute approximate surface area is 117 Å². The van der Waals surface area contributed by atoms with Gasteiger partial charge in [-0.1, -0.05) is 11.3 Å². The molecule has 1 aromatic heterocycles. The van der Waals surface area contributed by atoms with Gasteiger partial charge in [0.1, 0.15) is 0 Å². The largest absolute Gasteiger partial charge is 0.505 e. The maximum atomic E-state index is 14.1. The Kier molecular flexibility index (Phi) is 2.83. The van der Waals surface area contributed by atoms with Gasteiger partial charge in [0.25, 0.3) is 0 Å². The third-order valence-corrected chi connectivity index (χ3v) is 3.93. The number of hydrogen-bond acceptors (Lipinski definition) is 5. The normalized spacial score (nSPS) is 18.1. The minimum Gasteiger partial charge on any atom is -0.505 e. The standard InChI is InChI=1S/C14H9FNO3S/c1-6-4-7-9(16-6)5-8(14(19)12(7)15)13(18)10-2-3-11(17)20-10/h2-3,17,19H,5H2,1H3. The van der Waals surface area contributed by atoms with Crippen molar-refractivity contribution in [3.63, 3.8) is 0 Å². The van der Waals surface area contributed by atoms with Crippen LogP contribution in [-0.4, -0.2) is 21.7 Å². The van der Waals surface area contributed by atoms with Gasteiger partial charge in [0.15, 0.2) is 16.6 Å². The smallest absolute Gasteiger partial charge is 0.203 e. The summed E-state index contributed by atoms with van der Waals surface area (Å²) >= 11 is 0.880. The van der Waals surface area contributed by atoms with Crippen LogP contribution in [0.3, 0.4) is 0 Å². The van der Waals surface area contributed by atoms with Crippen LogP contribution in [0.2, 0.25) is 0 Å². The van der Waals surface area contributed by atoms with Gasteiger partial charge in [-0.25, -0.2) is 4.39 Å². The molecule has 20 heavy (non-hydrogen) atoms. The van der Waals surface area contributed by atoms with Crippen LogP contribution in [0.1, 0.15) is 23.0 Å². The van der Waals surface area contributed by atoms with E-state index in [1.807, 2.05) is 0 Å². The van der Waals surface area contributed by atoms with Crippen molar-refractivity contribution in [3.05, 3.63) is 51.5 Å². The molecule has 0 aromatic carbocycles. The van der Waals surface area contributed by atoms with E-state index in [9.17, 15) is 19.4 Å². The van der Waals surface area contributed by atoms with Crippen molar-refractivity contribution in [2.24, 2.45) is 4.99 Å². The number of aliphatic imine (C=N–C) groups is 1. The van der Waals surface area contributed by atoms with E-state index in [4.69, 9.17) is 0 Å². The second-order valence-corrected chi connectivity index (χ2v) is 5.49. The van der Waals surface area contributed by atoms with E-state index >= 15 is 0 Å². The highest BCUT2D eigenvalue weighted by Gasteiger charge is 2.32. The number of carbonyl (C=O) groups is 1. The molecule has 2 aliphatic rings. The minimum atomic E-state index is -0.879. The van der Waals surface area contributed by atoms with Gasteiger partial charge < -0.3 is 10.2 Å². The number of hydrogen-bond donors (Lipinski definition) is 2. The fourth-order valence-corrected chi connectivity index (χ4v) is 2.85. The van der Waals surface area contributed by atoms with Crippen LogP contribution < -0.4 is 0 Å². The van der Waals surface area contributed by atoms with Crippen LogP contribution in [-0.2, 0) is 0 Å². The van der Waals surface area contributed by atoms with E-state index in [0.717, 1.165) is 11.3 Å². The van der Waals surface area contributed by atoms with Gasteiger partial charge in [0.05, 0.1) is 16.2 Å². The molecule has 1 aliphatic heterocycles. The lowest BCUT2D eigenvalue weighted by molar-refractivity contribution is 0.103. The molecule has 0 spiro atoms. The number of aromatic hydroxyl groups is 1. The second-order valence-electron chi connectivity index (χ2n) is 4.43. The average Bonchev–Trinajstić information content (AvgIpc) is 2.99. The first-order valence-electron chi connectivity index (χ1n) is 5.81. The summed E-state index contributed by atoms with van der Waals surface area (Å²) in [6.07, 6.45) is 2.77. The van der Waals surface area contributed by atoms with E-state index in [2.05, 4.69) is 11.1 Å². The molecule has 101 valence electrons. The lowest BCUT2D eigenvalue weighted by atomic mass is 9.92. The highest BCUT2D eigenvalue weighted by molar-refractivity contribution is 7.15. The molecule has 2 N–H and O–H groups in total. The summed E-state index contributed by atoms with van der Waals surface area (Å²) in [7, 11) is 0. The molecule has 0 saturated carbocycles. The number of thiophene rings is 1. The third kappa shape index (κ3) is 1.89. The van der Waals surface area contributed by atoms with E-state index in [0.29, 0.717) is 11.4 Å². The monoisotopic (exact) mass is 290 g/mol. The van der Waals surface area contributed by atoms with Crippen LogP contribution in [0, 0.1) is 6.08 Å². The molecule has 0 saturated heterocycles. The Hall–Kier alpha value is -2.21. The Balaban J connectivity index is 2.04. The minimum absolute atomic E-state index is 0.00926. The van der Waals surface area contributed by atoms with Crippen molar-refractivity contribution in [1.82, 2.24) is 0 Å². The molecule has 2 heterocycles. The van der Waals surface area contributed by atoms with Gasteiger partial charge >= 0.3 is 0 Å². The zero-order valence-electron chi connectivity index (χ0n) is 10.4. The summed E-state index contributed by atoms with van der Waals surface area (Å²) in [4.78, 5) is 16.6. The molecule has 1 radical (unpaired) electrons. The maximum Gasteiger partial charge on any atom is 0.203 e. The first-order valence-corrected chi connectivity index (χ1v) is 6.63. The molecule has 4 nitrogen and oxygen atoms in total. The quantitative estimate of drug-likeness (QED) is 0.821. The van der Waals surface area contributed by atoms with Gasteiger partial charge in [-0.15, -0.1) is 0 Å². The van der Waals surface area contributed by atoms with Crippen molar-refractivity contribution in [1.29, 1.82) is 0 Å². The number of ketones is 1. The zero-order valence-corrected chi connectivity index (χ0v) is 11.2. The van der Waals surface area contributed by atoms with E-state index < -0.39 is 17.4 Å². The van der Waals surface area contributed by atoms with E-state index in [1.165, 1.54) is 12.1 Å². The average molecular weight is 290 g/mol. The van der Waals surface area contributed by atoms with Gasteiger partial charge in [-0.3, -0.25) is 9.79 Å². The summed E-state index contributed by atoms with van der Waals surface area (Å²) in [5.41, 5.74) is 0.969. The first kappa shape index (κ1) is 12.8. The van der Waals surface area contributed by atoms with Crippen molar-refractivity contribution in [2.75, 3.05) is 0 Å². The Morgan fingerprint density at radius 3 is 2.85 bits per heavy atom. The molecular weight excluding hydrogens is 281 g/mol. The number of fused-ring (bicyclic) bond motifs is 1. The summed E-state index contributed by atoms with van der Waals surface area (Å²) < 4.78 is 14.1. The van der Waals surface area contributed by atoms with Gasteiger partial charge in [0.2, 0.25) is 5.78 Å². The number of carbonyl (C=O) groups excluding carboxylic acids is 1. The van der Waals surface area contributed by atoms with Crippen molar-refractivity contribution in [3.8, 4) is 5.06 Å². The van der Waals surface area contributed by atoms with E-state index in [-0.39, 0.29) is 27.5 Å². The van der Waals surface area contributed by atoms with E-state index in [1.54, 1.807) is 6.92 Å². The van der Waals surface area contributed by atoms with Crippen LogP contribution >= 0.6 is 11.3 Å². The van der Waals surface area contributed by atoms with Gasteiger partial charge in [0, 0.05) is 23.8 Å². The zero-order chi connectivity index (χ0) is 14.4. The highest BCUT2D eigenvalue weighted by Crippen LogP contribution is 2.35. The molecule has 0 atom stereocenters. The van der Waals surface area contributed by atoms with Gasteiger partial charge in [-0.05, 0) is 19.1 Å². The topological polar surface area (TPSA) is 69.9 Å². The lowest BCUT2D eigenvalue weighted by Crippen LogP contribution is -2.17. The number of aliphatic hydroxyl groups is 1. The maximum absolute atomic E-state index is 14.1. The van der Waals surface area contributed by atoms with Crippen LogP contribution in [0.5, 0.6) is 5.06 Å². The molecule has 0 fully saturated rings. The molecule has 0 amide bonds. The van der Waals surface area contributed by atoms with Crippen LogP contribution in [0.4, 0.5) is 4.39 Å². The summed E-state index contributed by atoms with van der Waals surface area (Å²) in [5, 5.41) is 19.1. The number of aliphatic hydroxyl groups excluding tert-OH is 1. The number of Topliss-reactive ketones (excluding diaryl/α,β-unsaturated/α-hetero) is 1. The number of nitrogens with zero attached hydrogens (tertiary/aromatic N) is 1. The number of rotatable bonds is 2. The molecule has 1 aliphatic carbocycles. The second kappa shape index (κ2) is 4.42. The summed E-state index contributed by atoms with van der Waals surface area (Å²) in [6.45, 7) is 1.67. The molecular formula is C14H9FNO3S. The van der Waals surface area contributed by atoms with Crippen molar-refractivity contribution >= 4 is 22.8 Å². The lowest BCUT2D eigenvalue weighted by Gasteiger charge is -2.15. The fourth-order valence-electron chi connectivity index (χ4n) is 2.14. The Morgan fingerprint density at radius 1 is 1.45 bits per heavy atom. The fraction of sp³-hybridized carbons (Fsp3) is 0.143. The predicted molar refractivity (Wildman–Crippen MR) is 72.6 cm³/mol. The van der Waals surface area contributed by atoms with Crippen molar-refractivity contribution in [2.45, 2.75) is 13.3 Å². The van der Waals surface area contributed by atoms with Crippen LogP contribution in [0.25, 0.3) is 0 Å². The molecule has 0 unspecified atom stereocenters. The van der Waals surface area contributed by atoms with Crippen LogP contribution in [0.15, 0.2) is 45.6 Å². The summed E-state index contributed by atoms with van der Waals surface area (Å²) in [6, 6.07) is 2.81. The van der Waals surface area contributed by atoms with Gasteiger partial charge in [-0.2, -0.15) is 0 Å². The predicted octanol–water partition coefficient (Wildman–Crippen LogP) is 3.24. The molecule has 6 heteroatoms. The molecule has 0 bridgehead atoms. The third-order valence-electron chi connectivity index (χ3n) is 3.04. The number of allylic oxidation sites excluding steroid dienone is 5. The Morgan fingerprint density at radius 2 is 2.20 bits per heavy atom.